The smallest absolute Gasteiger partial charge is 0.126 e. The summed E-state index contributed by atoms with van der Waals surface area (Å²) in [5.74, 6) is 0.908. The second-order valence-corrected chi connectivity index (χ2v) is 6.75. The molecule has 22 heavy (non-hydrogen) atoms. The van der Waals surface area contributed by atoms with Crippen LogP contribution in [0.1, 0.15) is 24.8 Å². The van der Waals surface area contributed by atoms with Crippen molar-refractivity contribution in [3.63, 3.8) is 0 Å². The van der Waals surface area contributed by atoms with Crippen LogP contribution in [0.2, 0.25) is 0 Å². The molecule has 1 aliphatic heterocycles. The molecule has 0 bridgehead atoms. The summed E-state index contributed by atoms with van der Waals surface area (Å²) in [6.07, 6.45) is 2.68. The fourth-order valence-electron chi connectivity index (χ4n) is 3.65. The zero-order valence-corrected chi connectivity index (χ0v) is 13.7. The number of hydrogen-bond acceptors (Lipinski definition) is 4. The topological polar surface area (TPSA) is 35.9 Å². The van der Waals surface area contributed by atoms with E-state index in [2.05, 4.69) is 29.8 Å². The maximum absolute atomic E-state index is 10.8. The first-order chi connectivity index (χ1) is 10.6. The minimum Gasteiger partial charge on any atom is -0.487 e. The van der Waals surface area contributed by atoms with Crippen molar-refractivity contribution in [2.45, 2.75) is 44.4 Å². The molecule has 1 saturated carbocycles. The first-order valence-corrected chi connectivity index (χ1v) is 8.48. The maximum atomic E-state index is 10.8. The lowest BCUT2D eigenvalue weighted by molar-refractivity contribution is -0.0620. The van der Waals surface area contributed by atoms with Crippen molar-refractivity contribution in [2.75, 3.05) is 33.2 Å². The SMILES string of the molecule is Cc1ccccc1O[C@@H]1CCC[C@H](N2CCN(C)CC2)[C@H]1O. The number of likely N-dealkylation sites (N-methyl/N-ethyl adjacent to an activating group) is 1. The monoisotopic (exact) mass is 304 g/mol. The van der Waals surface area contributed by atoms with Gasteiger partial charge in [0, 0.05) is 32.2 Å². The van der Waals surface area contributed by atoms with Gasteiger partial charge in [-0.15, -0.1) is 0 Å². The van der Waals surface area contributed by atoms with Crippen molar-refractivity contribution in [3.8, 4) is 5.75 Å². The molecule has 4 heteroatoms. The molecule has 122 valence electrons. The van der Waals surface area contributed by atoms with Crippen LogP contribution in [0.5, 0.6) is 5.75 Å². The largest absolute Gasteiger partial charge is 0.487 e. The third kappa shape index (κ3) is 3.45. The van der Waals surface area contributed by atoms with Gasteiger partial charge in [-0.2, -0.15) is 0 Å². The van der Waals surface area contributed by atoms with Crippen LogP contribution in [0.4, 0.5) is 0 Å². The Kier molecular flexibility index (Phi) is 5.01. The Hall–Kier alpha value is -1.10. The summed E-state index contributed by atoms with van der Waals surface area (Å²) in [4.78, 5) is 4.81. The number of ether oxygens (including phenoxy) is 1. The number of aliphatic hydroxyl groups excluding tert-OH is 1. The molecule has 0 unspecified atom stereocenters. The summed E-state index contributed by atoms with van der Waals surface area (Å²) in [6, 6.07) is 8.32. The van der Waals surface area contributed by atoms with Gasteiger partial charge >= 0.3 is 0 Å². The number of nitrogens with zero attached hydrogens (tertiary/aromatic N) is 2. The highest BCUT2D eigenvalue weighted by Crippen LogP contribution is 2.29. The lowest BCUT2D eigenvalue weighted by Gasteiger charge is -2.44. The Morgan fingerprint density at radius 3 is 2.55 bits per heavy atom. The molecule has 0 aromatic heterocycles. The van der Waals surface area contributed by atoms with E-state index in [0.29, 0.717) is 0 Å². The summed E-state index contributed by atoms with van der Waals surface area (Å²) in [5, 5.41) is 10.8. The Balaban J connectivity index is 1.65. The Morgan fingerprint density at radius 2 is 1.82 bits per heavy atom. The van der Waals surface area contributed by atoms with Gasteiger partial charge in [-0.05, 0) is 44.9 Å². The highest BCUT2D eigenvalue weighted by Gasteiger charge is 2.37. The zero-order chi connectivity index (χ0) is 15.5. The summed E-state index contributed by atoms with van der Waals surface area (Å²) >= 11 is 0. The molecule has 2 fully saturated rings. The molecule has 0 amide bonds. The number of hydrogen-bond donors (Lipinski definition) is 1. The number of piperazine rings is 1. The quantitative estimate of drug-likeness (QED) is 0.925. The fraction of sp³-hybridized carbons (Fsp3) is 0.667. The molecule has 3 atom stereocenters. The molecule has 1 aromatic carbocycles. The third-order valence-corrected chi connectivity index (χ3v) is 5.14. The average Bonchev–Trinajstić information content (AvgIpc) is 2.52. The van der Waals surface area contributed by atoms with Crippen LogP contribution in [0.3, 0.4) is 0 Å². The molecule has 1 aromatic rings. The van der Waals surface area contributed by atoms with Crippen LogP contribution >= 0.6 is 0 Å². The summed E-state index contributed by atoms with van der Waals surface area (Å²) in [5.41, 5.74) is 1.14. The van der Waals surface area contributed by atoms with Gasteiger partial charge in [-0.1, -0.05) is 18.2 Å². The van der Waals surface area contributed by atoms with E-state index in [1.54, 1.807) is 0 Å². The van der Waals surface area contributed by atoms with E-state index in [0.717, 1.165) is 56.8 Å². The maximum Gasteiger partial charge on any atom is 0.126 e. The second kappa shape index (κ2) is 6.99. The lowest BCUT2D eigenvalue weighted by atomic mass is 9.88. The molecule has 2 aliphatic rings. The van der Waals surface area contributed by atoms with E-state index in [1.807, 2.05) is 18.2 Å². The van der Waals surface area contributed by atoms with Crippen LogP contribution in [0.25, 0.3) is 0 Å². The summed E-state index contributed by atoms with van der Waals surface area (Å²) < 4.78 is 6.15. The van der Waals surface area contributed by atoms with Gasteiger partial charge < -0.3 is 14.7 Å². The van der Waals surface area contributed by atoms with Crippen molar-refractivity contribution in [3.05, 3.63) is 29.8 Å². The van der Waals surface area contributed by atoms with Gasteiger partial charge in [0.2, 0.25) is 0 Å². The molecular weight excluding hydrogens is 276 g/mol. The van der Waals surface area contributed by atoms with Crippen LogP contribution in [0.15, 0.2) is 24.3 Å². The second-order valence-electron chi connectivity index (χ2n) is 6.75. The number of benzene rings is 1. The van der Waals surface area contributed by atoms with E-state index in [9.17, 15) is 5.11 Å². The van der Waals surface area contributed by atoms with Crippen LogP contribution < -0.4 is 4.74 Å². The predicted octanol–water partition coefficient (Wildman–Crippen LogP) is 1.90. The molecule has 0 spiro atoms. The van der Waals surface area contributed by atoms with Gasteiger partial charge in [0.15, 0.2) is 0 Å². The predicted molar refractivity (Wildman–Crippen MR) is 88.3 cm³/mol. The standard InChI is InChI=1S/C18H28N2O2/c1-14-6-3-4-8-16(14)22-17-9-5-7-15(18(17)21)20-12-10-19(2)11-13-20/h3-4,6,8,15,17-18,21H,5,7,9-13H2,1-2H3/t15-,17+,18+/m0/s1. The van der Waals surface area contributed by atoms with Crippen LogP contribution in [-0.4, -0.2) is 66.4 Å². The van der Waals surface area contributed by atoms with Gasteiger partial charge in [-0.3, -0.25) is 4.90 Å². The Bertz CT molecular complexity index is 486. The van der Waals surface area contributed by atoms with E-state index < -0.39 is 6.10 Å². The summed E-state index contributed by atoms with van der Waals surface area (Å²) in [6.45, 7) is 6.34. The molecule has 3 rings (SSSR count). The molecular formula is C18H28N2O2. The first-order valence-electron chi connectivity index (χ1n) is 8.48. The minimum absolute atomic E-state index is 0.0838. The minimum atomic E-state index is -0.392. The third-order valence-electron chi connectivity index (χ3n) is 5.14. The van der Waals surface area contributed by atoms with Gasteiger partial charge in [0.05, 0.1) is 0 Å². The van der Waals surface area contributed by atoms with Crippen molar-refractivity contribution in [1.82, 2.24) is 9.80 Å². The molecule has 4 nitrogen and oxygen atoms in total. The highest BCUT2D eigenvalue weighted by atomic mass is 16.5. The van der Waals surface area contributed by atoms with Crippen molar-refractivity contribution < 1.29 is 9.84 Å². The Morgan fingerprint density at radius 1 is 1.09 bits per heavy atom. The van der Waals surface area contributed by atoms with Crippen LogP contribution in [-0.2, 0) is 0 Å². The number of para-hydroxylation sites is 1. The molecule has 1 N–H and O–H groups in total. The molecule has 1 heterocycles. The van der Waals surface area contributed by atoms with Gasteiger partial charge in [0.1, 0.15) is 18.0 Å². The van der Waals surface area contributed by atoms with Crippen molar-refractivity contribution >= 4 is 0 Å². The first kappa shape index (κ1) is 15.8. The van der Waals surface area contributed by atoms with E-state index in [4.69, 9.17) is 4.74 Å². The molecule has 0 radical (unpaired) electrons. The van der Waals surface area contributed by atoms with Crippen LogP contribution in [0, 0.1) is 6.92 Å². The summed E-state index contributed by atoms with van der Waals surface area (Å²) in [7, 11) is 2.17. The van der Waals surface area contributed by atoms with E-state index in [1.165, 1.54) is 0 Å². The van der Waals surface area contributed by atoms with Crippen molar-refractivity contribution in [1.29, 1.82) is 0 Å². The van der Waals surface area contributed by atoms with E-state index >= 15 is 0 Å². The Labute approximate surface area is 133 Å². The normalized spacial score (nSPS) is 31.1. The number of rotatable bonds is 3. The van der Waals surface area contributed by atoms with Gasteiger partial charge in [0.25, 0.3) is 0 Å². The average molecular weight is 304 g/mol. The van der Waals surface area contributed by atoms with Crippen molar-refractivity contribution in [2.24, 2.45) is 0 Å². The lowest BCUT2D eigenvalue weighted by Crippen LogP contribution is -2.57. The molecule has 1 aliphatic carbocycles. The van der Waals surface area contributed by atoms with E-state index in [-0.39, 0.29) is 12.1 Å². The zero-order valence-electron chi connectivity index (χ0n) is 13.7. The molecule has 1 saturated heterocycles. The highest BCUT2D eigenvalue weighted by molar-refractivity contribution is 5.32. The fourth-order valence-corrected chi connectivity index (χ4v) is 3.65. The van der Waals surface area contributed by atoms with Gasteiger partial charge in [-0.25, -0.2) is 0 Å². The number of aliphatic hydroxyl groups is 1. The number of aryl methyl sites for hydroxylation is 1.